The summed E-state index contributed by atoms with van der Waals surface area (Å²) in [4.78, 5) is 19.4. The Hall–Kier alpha value is -4.39. The number of pyridine rings is 2. The smallest absolute Gasteiger partial charge is 0.416 e. The average Bonchev–Trinajstić information content (AvgIpc) is 2.87. The van der Waals surface area contributed by atoms with Crippen LogP contribution in [0.15, 0.2) is 102 Å². The van der Waals surface area contributed by atoms with Gasteiger partial charge in [-0.15, -0.1) is 0 Å². The number of halogens is 3. The maximum Gasteiger partial charge on any atom is 0.416 e. The Kier molecular flexibility index (Phi) is 5.82. The third kappa shape index (κ3) is 4.94. The molecule has 5 rings (SSSR count). The molecule has 0 unspecified atom stereocenters. The first-order chi connectivity index (χ1) is 16.9. The van der Waals surface area contributed by atoms with Gasteiger partial charge >= 0.3 is 6.18 Å². The van der Waals surface area contributed by atoms with E-state index in [1.807, 2.05) is 36.4 Å². The fraction of sp³-hybridized carbons (Fsp3) is 0.0714. The number of alkyl halides is 3. The second-order valence-electron chi connectivity index (χ2n) is 7.99. The van der Waals surface area contributed by atoms with Crippen molar-refractivity contribution >= 4 is 10.9 Å². The largest absolute Gasteiger partial charge is 0.487 e. The fourth-order valence-electron chi connectivity index (χ4n) is 3.85. The van der Waals surface area contributed by atoms with Gasteiger partial charge in [0.1, 0.15) is 12.4 Å². The number of nitrogens with one attached hydrogen (secondary N) is 1. The summed E-state index contributed by atoms with van der Waals surface area (Å²) in [5.74, 6) is 0.623. The van der Waals surface area contributed by atoms with Crippen LogP contribution in [0, 0.1) is 0 Å². The number of hydrogen-bond acceptors (Lipinski definition) is 3. The standard InChI is InChI=1S/C28H19F3N2O2/c29-28(30,31)21-10-5-18(6-11-21)24-15-16-26(34)33-27(24)20-8-13-23(14-9-20)35-17-22-12-7-19-3-1-2-4-25(19)32-22/h1-16H,17H2,(H,33,34). The molecule has 0 aliphatic heterocycles. The van der Waals surface area contributed by atoms with Crippen molar-refractivity contribution in [1.82, 2.24) is 9.97 Å². The summed E-state index contributed by atoms with van der Waals surface area (Å²) >= 11 is 0. The first-order valence-corrected chi connectivity index (χ1v) is 10.9. The van der Waals surface area contributed by atoms with Gasteiger partial charge in [0.25, 0.3) is 0 Å². The molecule has 35 heavy (non-hydrogen) atoms. The minimum absolute atomic E-state index is 0.295. The van der Waals surface area contributed by atoms with E-state index in [2.05, 4.69) is 9.97 Å². The average molecular weight is 472 g/mol. The van der Waals surface area contributed by atoms with Crippen LogP contribution in [0.2, 0.25) is 0 Å². The molecule has 0 atom stereocenters. The predicted octanol–water partition coefficient (Wildman–Crippen LogP) is 6.85. The number of aromatic nitrogens is 2. The molecule has 174 valence electrons. The third-order valence-corrected chi connectivity index (χ3v) is 5.63. The molecule has 0 radical (unpaired) electrons. The second kappa shape index (κ2) is 9.10. The van der Waals surface area contributed by atoms with Crippen LogP contribution < -0.4 is 10.3 Å². The number of para-hydroxylation sites is 1. The SMILES string of the molecule is O=c1ccc(-c2ccc(C(F)(F)F)cc2)c(-c2ccc(OCc3ccc4ccccc4n3)cc2)[nH]1. The van der Waals surface area contributed by atoms with E-state index in [-0.39, 0.29) is 5.56 Å². The van der Waals surface area contributed by atoms with Crippen molar-refractivity contribution in [1.29, 1.82) is 0 Å². The van der Waals surface area contributed by atoms with E-state index in [9.17, 15) is 18.0 Å². The molecule has 2 aromatic heterocycles. The monoisotopic (exact) mass is 472 g/mol. The summed E-state index contributed by atoms with van der Waals surface area (Å²) in [6.07, 6.45) is -4.41. The van der Waals surface area contributed by atoms with Crippen molar-refractivity contribution < 1.29 is 17.9 Å². The van der Waals surface area contributed by atoms with Crippen LogP contribution in [0.4, 0.5) is 13.2 Å². The molecular weight excluding hydrogens is 453 g/mol. The maximum absolute atomic E-state index is 12.9. The van der Waals surface area contributed by atoms with Gasteiger partial charge in [-0.3, -0.25) is 4.79 Å². The zero-order chi connectivity index (χ0) is 24.4. The molecule has 0 aliphatic rings. The highest BCUT2D eigenvalue weighted by Gasteiger charge is 2.30. The molecular formula is C28H19F3N2O2. The van der Waals surface area contributed by atoms with E-state index < -0.39 is 11.7 Å². The third-order valence-electron chi connectivity index (χ3n) is 5.63. The lowest BCUT2D eigenvalue weighted by atomic mass is 9.98. The molecule has 0 saturated heterocycles. The Labute approximate surface area is 198 Å². The molecule has 0 fully saturated rings. The van der Waals surface area contributed by atoms with Crippen molar-refractivity contribution in [2.75, 3.05) is 0 Å². The zero-order valence-electron chi connectivity index (χ0n) is 18.3. The highest BCUT2D eigenvalue weighted by atomic mass is 19.4. The van der Waals surface area contributed by atoms with Crippen molar-refractivity contribution in [3.8, 4) is 28.1 Å². The first-order valence-electron chi connectivity index (χ1n) is 10.9. The normalized spacial score (nSPS) is 11.5. The molecule has 7 heteroatoms. The summed E-state index contributed by atoms with van der Waals surface area (Å²) in [5.41, 5.74) is 3.05. The molecule has 0 amide bonds. The lowest BCUT2D eigenvalue weighted by molar-refractivity contribution is -0.137. The number of rotatable bonds is 5. The van der Waals surface area contributed by atoms with Gasteiger partial charge in [-0.1, -0.05) is 36.4 Å². The Morgan fingerprint density at radius 1 is 0.771 bits per heavy atom. The van der Waals surface area contributed by atoms with Crippen molar-refractivity contribution in [3.63, 3.8) is 0 Å². The van der Waals surface area contributed by atoms with Gasteiger partial charge in [0.2, 0.25) is 5.56 Å². The van der Waals surface area contributed by atoms with Gasteiger partial charge in [0.05, 0.1) is 22.5 Å². The summed E-state index contributed by atoms with van der Waals surface area (Å²) < 4.78 is 44.7. The number of hydrogen-bond donors (Lipinski definition) is 1. The molecule has 5 aromatic rings. The minimum Gasteiger partial charge on any atom is -0.487 e. The number of benzene rings is 3. The first kappa shape index (κ1) is 22.4. The van der Waals surface area contributed by atoms with E-state index in [1.54, 1.807) is 30.3 Å². The molecule has 0 aliphatic carbocycles. The van der Waals surface area contributed by atoms with Crippen molar-refractivity contribution in [2.45, 2.75) is 12.8 Å². The Balaban J connectivity index is 1.37. The van der Waals surface area contributed by atoms with E-state index in [4.69, 9.17) is 4.74 Å². The highest BCUT2D eigenvalue weighted by molar-refractivity contribution is 5.81. The van der Waals surface area contributed by atoms with Gasteiger partial charge in [-0.05, 0) is 65.7 Å². The van der Waals surface area contributed by atoms with Crippen LogP contribution >= 0.6 is 0 Å². The molecule has 3 aromatic carbocycles. The van der Waals surface area contributed by atoms with Gasteiger partial charge < -0.3 is 9.72 Å². The van der Waals surface area contributed by atoms with Crippen molar-refractivity contribution in [2.24, 2.45) is 0 Å². The lowest BCUT2D eigenvalue weighted by Crippen LogP contribution is -2.06. The number of aromatic amines is 1. The number of fused-ring (bicyclic) bond motifs is 1. The predicted molar refractivity (Wildman–Crippen MR) is 129 cm³/mol. The Morgan fingerprint density at radius 3 is 2.23 bits per heavy atom. The summed E-state index contributed by atoms with van der Waals surface area (Å²) in [5, 5.41) is 1.06. The van der Waals surface area contributed by atoms with Crippen LogP contribution in [0.1, 0.15) is 11.3 Å². The number of nitrogens with zero attached hydrogens (tertiary/aromatic N) is 1. The summed E-state index contributed by atoms with van der Waals surface area (Å²) in [7, 11) is 0. The minimum atomic E-state index is -4.41. The van der Waals surface area contributed by atoms with E-state index >= 15 is 0 Å². The zero-order valence-corrected chi connectivity index (χ0v) is 18.3. The van der Waals surface area contributed by atoms with E-state index in [0.717, 1.165) is 28.7 Å². The molecule has 2 heterocycles. The Bertz CT molecular complexity index is 1540. The molecule has 1 N–H and O–H groups in total. The highest BCUT2D eigenvalue weighted by Crippen LogP contribution is 2.34. The molecule has 0 spiro atoms. The van der Waals surface area contributed by atoms with Crippen LogP contribution in [-0.2, 0) is 12.8 Å². The molecule has 0 saturated carbocycles. The van der Waals surface area contributed by atoms with Gasteiger partial charge in [0.15, 0.2) is 0 Å². The van der Waals surface area contributed by atoms with Crippen LogP contribution in [0.25, 0.3) is 33.3 Å². The van der Waals surface area contributed by atoms with Crippen LogP contribution in [-0.4, -0.2) is 9.97 Å². The quantitative estimate of drug-likeness (QED) is 0.304. The van der Waals surface area contributed by atoms with Crippen LogP contribution in [0.5, 0.6) is 5.75 Å². The molecule has 4 nitrogen and oxygen atoms in total. The van der Waals surface area contributed by atoms with Gasteiger partial charge in [0, 0.05) is 17.0 Å². The Morgan fingerprint density at radius 2 is 1.49 bits per heavy atom. The van der Waals surface area contributed by atoms with E-state index in [0.29, 0.717) is 34.7 Å². The second-order valence-corrected chi connectivity index (χ2v) is 7.99. The van der Waals surface area contributed by atoms with E-state index in [1.165, 1.54) is 18.2 Å². The topological polar surface area (TPSA) is 55.0 Å². The fourth-order valence-corrected chi connectivity index (χ4v) is 3.85. The maximum atomic E-state index is 12.9. The number of H-pyrrole nitrogens is 1. The molecule has 0 bridgehead atoms. The summed E-state index contributed by atoms with van der Waals surface area (Å²) in [6, 6.07) is 26.7. The summed E-state index contributed by atoms with van der Waals surface area (Å²) in [6.45, 7) is 0.295. The van der Waals surface area contributed by atoms with Gasteiger partial charge in [-0.2, -0.15) is 13.2 Å². The van der Waals surface area contributed by atoms with Crippen LogP contribution in [0.3, 0.4) is 0 Å². The lowest BCUT2D eigenvalue weighted by Gasteiger charge is -2.12. The van der Waals surface area contributed by atoms with Gasteiger partial charge in [-0.25, -0.2) is 4.98 Å². The number of ether oxygens (including phenoxy) is 1. The van der Waals surface area contributed by atoms with Crippen molar-refractivity contribution in [3.05, 3.63) is 119 Å².